The van der Waals surface area contributed by atoms with E-state index in [2.05, 4.69) is 0 Å². The van der Waals surface area contributed by atoms with Gasteiger partial charge in [-0.15, -0.1) is 0 Å². The quantitative estimate of drug-likeness (QED) is 0.619. The number of hydrogen-bond donors (Lipinski definition) is 1. The van der Waals surface area contributed by atoms with Gasteiger partial charge in [0.25, 0.3) is 0 Å². The van der Waals surface area contributed by atoms with Gasteiger partial charge in [-0.25, -0.2) is 16.8 Å². The van der Waals surface area contributed by atoms with Crippen LogP contribution in [0.2, 0.25) is 0 Å². The van der Waals surface area contributed by atoms with E-state index in [-0.39, 0.29) is 46.6 Å². The second-order valence-corrected chi connectivity index (χ2v) is 10.4. The number of sulfonamides is 1. The van der Waals surface area contributed by atoms with Crippen LogP contribution in [0.5, 0.6) is 0 Å². The number of ether oxygens (including phenoxy) is 2. The Hall–Kier alpha value is -2.24. The Morgan fingerprint density at radius 1 is 0.967 bits per heavy atom. The molecule has 1 aliphatic heterocycles. The number of rotatable bonds is 9. The molecule has 0 saturated heterocycles. The zero-order valence-corrected chi connectivity index (χ0v) is 18.2. The van der Waals surface area contributed by atoms with E-state index in [0.717, 1.165) is 0 Å². The third-order valence-electron chi connectivity index (χ3n) is 4.74. The van der Waals surface area contributed by atoms with Gasteiger partial charge in [0, 0.05) is 32.9 Å². The second kappa shape index (κ2) is 8.86. The Labute approximate surface area is 176 Å². The predicted molar refractivity (Wildman–Crippen MR) is 112 cm³/mol. The van der Waals surface area contributed by atoms with E-state index in [4.69, 9.17) is 9.47 Å². The van der Waals surface area contributed by atoms with Crippen molar-refractivity contribution in [3.8, 4) is 0 Å². The molecule has 1 heterocycles. The largest absolute Gasteiger partial charge is 0.506 e. The summed E-state index contributed by atoms with van der Waals surface area (Å²) < 4.78 is 63.4. The van der Waals surface area contributed by atoms with Crippen molar-refractivity contribution in [2.75, 3.05) is 40.5 Å². The maximum atomic E-state index is 13.1. The SMILES string of the molecule is COCCN(CCOC)S(=O)(=O)c1ccc2c(c1)C(O)=C(c1ccccc1)S2(=O)=O. The molecule has 0 spiro atoms. The number of aliphatic hydroxyl groups is 1. The van der Waals surface area contributed by atoms with Crippen molar-refractivity contribution in [2.45, 2.75) is 9.79 Å². The molecule has 0 unspecified atom stereocenters. The summed E-state index contributed by atoms with van der Waals surface area (Å²) in [5, 5.41) is 10.7. The van der Waals surface area contributed by atoms with Crippen LogP contribution in [0.25, 0.3) is 10.7 Å². The first-order valence-corrected chi connectivity index (χ1v) is 12.0. The van der Waals surface area contributed by atoms with Gasteiger partial charge in [-0.2, -0.15) is 4.31 Å². The fourth-order valence-electron chi connectivity index (χ4n) is 3.22. The van der Waals surface area contributed by atoms with Gasteiger partial charge in [0.15, 0.2) is 0 Å². The lowest BCUT2D eigenvalue weighted by molar-refractivity contribution is 0.150. The van der Waals surface area contributed by atoms with E-state index in [1.807, 2.05) is 0 Å². The van der Waals surface area contributed by atoms with Gasteiger partial charge in [-0.05, 0) is 23.8 Å². The molecule has 0 fully saturated rings. The molecule has 162 valence electrons. The van der Waals surface area contributed by atoms with Crippen molar-refractivity contribution in [1.29, 1.82) is 0 Å². The fraction of sp³-hybridized carbons (Fsp3) is 0.300. The molecule has 30 heavy (non-hydrogen) atoms. The molecule has 8 nitrogen and oxygen atoms in total. The van der Waals surface area contributed by atoms with Crippen molar-refractivity contribution in [1.82, 2.24) is 4.31 Å². The van der Waals surface area contributed by atoms with E-state index in [9.17, 15) is 21.9 Å². The van der Waals surface area contributed by atoms with Crippen LogP contribution in [0.3, 0.4) is 0 Å². The molecule has 0 aromatic heterocycles. The van der Waals surface area contributed by atoms with Crippen molar-refractivity contribution >= 4 is 30.5 Å². The number of nitrogens with zero attached hydrogens (tertiary/aromatic N) is 1. The Morgan fingerprint density at radius 2 is 1.57 bits per heavy atom. The minimum absolute atomic E-state index is 0.0339. The van der Waals surface area contributed by atoms with Gasteiger partial charge < -0.3 is 14.6 Å². The monoisotopic (exact) mass is 453 g/mol. The van der Waals surface area contributed by atoms with Crippen LogP contribution in [-0.4, -0.2) is 66.8 Å². The third kappa shape index (κ3) is 4.01. The highest BCUT2D eigenvalue weighted by atomic mass is 32.2. The molecule has 1 N–H and O–H groups in total. The molecule has 0 amide bonds. The van der Waals surface area contributed by atoms with E-state index in [1.165, 1.54) is 36.7 Å². The van der Waals surface area contributed by atoms with Gasteiger partial charge in [0.05, 0.1) is 23.0 Å². The second-order valence-electron chi connectivity index (χ2n) is 6.59. The average molecular weight is 454 g/mol. The highest BCUT2D eigenvalue weighted by Gasteiger charge is 2.38. The number of aliphatic hydroxyl groups excluding tert-OH is 1. The maximum absolute atomic E-state index is 13.1. The molecule has 3 rings (SSSR count). The lowest BCUT2D eigenvalue weighted by atomic mass is 10.1. The van der Waals surface area contributed by atoms with Crippen LogP contribution in [-0.2, 0) is 29.3 Å². The van der Waals surface area contributed by atoms with Crippen LogP contribution < -0.4 is 0 Å². The third-order valence-corrected chi connectivity index (χ3v) is 8.54. The van der Waals surface area contributed by atoms with E-state index < -0.39 is 25.6 Å². The number of methoxy groups -OCH3 is 2. The normalized spacial score (nSPS) is 15.6. The molecule has 10 heteroatoms. The van der Waals surface area contributed by atoms with Crippen LogP contribution in [0.4, 0.5) is 0 Å². The molecule has 0 saturated carbocycles. The first-order chi connectivity index (χ1) is 14.2. The summed E-state index contributed by atoms with van der Waals surface area (Å²) in [6, 6.07) is 11.8. The Kier molecular flexibility index (Phi) is 6.63. The topological polar surface area (TPSA) is 110 Å². The summed E-state index contributed by atoms with van der Waals surface area (Å²) in [7, 11) is -5.01. The minimum Gasteiger partial charge on any atom is -0.506 e. The van der Waals surface area contributed by atoms with Crippen LogP contribution in [0.15, 0.2) is 58.3 Å². The smallest absolute Gasteiger partial charge is 0.243 e. The first kappa shape index (κ1) is 22.4. The molecule has 0 atom stereocenters. The van der Waals surface area contributed by atoms with Crippen molar-refractivity contribution in [3.05, 3.63) is 59.7 Å². The van der Waals surface area contributed by atoms with E-state index in [1.54, 1.807) is 30.3 Å². The fourth-order valence-corrected chi connectivity index (χ4v) is 6.38. The molecule has 0 radical (unpaired) electrons. The van der Waals surface area contributed by atoms with Crippen LogP contribution in [0, 0.1) is 0 Å². The van der Waals surface area contributed by atoms with Crippen molar-refractivity contribution < 1.29 is 31.4 Å². The van der Waals surface area contributed by atoms with Crippen molar-refractivity contribution in [3.63, 3.8) is 0 Å². The number of benzene rings is 2. The average Bonchev–Trinajstić information content (AvgIpc) is 2.93. The van der Waals surface area contributed by atoms with Gasteiger partial charge in [-0.1, -0.05) is 30.3 Å². The van der Waals surface area contributed by atoms with Gasteiger partial charge in [0.1, 0.15) is 10.7 Å². The van der Waals surface area contributed by atoms with Crippen LogP contribution >= 0.6 is 0 Å². The van der Waals surface area contributed by atoms with Crippen molar-refractivity contribution in [2.24, 2.45) is 0 Å². The minimum atomic E-state index is -3.98. The zero-order chi connectivity index (χ0) is 21.9. The predicted octanol–water partition coefficient (Wildman–Crippen LogP) is 2.14. The number of sulfone groups is 1. The van der Waals surface area contributed by atoms with Crippen LogP contribution in [0.1, 0.15) is 11.1 Å². The summed E-state index contributed by atoms with van der Waals surface area (Å²) in [5.74, 6) is -0.464. The number of hydrogen-bond acceptors (Lipinski definition) is 7. The zero-order valence-electron chi connectivity index (χ0n) is 16.6. The van der Waals surface area contributed by atoms with Gasteiger partial charge in [-0.3, -0.25) is 0 Å². The first-order valence-electron chi connectivity index (χ1n) is 9.11. The van der Waals surface area contributed by atoms with Gasteiger partial charge >= 0.3 is 0 Å². The summed E-state index contributed by atoms with van der Waals surface area (Å²) in [6.07, 6.45) is 0. The summed E-state index contributed by atoms with van der Waals surface area (Å²) in [5.41, 5.74) is 0.297. The Balaban J connectivity index is 2.08. The summed E-state index contributed by atoms with van der Waals surface area (Å²) in [6.45, 7) is 0.584. The van der Waals surface area contributed by atoms with Gasteiger partial charge in [0.2, 0.25) is 19.9 Å². The Morgan fingerprint density at radius 3 is 2.13 bits per heavy atom. The molecule has 0 aliphatic carbocycles. The molecule has 0 bridgehead atoms. The Bertz CT molecular complexity index is 1150. The van der Waals surface area contributed by atoms with E-state index >= 15 is 0 Å². The maximum Gasteiger partial charge on any atom is 0.243 e. The van der Waals surface area contributed by atoms with E-state index in [0.29, 0.717) is 5.56 Å². The lowest BCUT2D eigenvalue weighted by Gasteiger charge is -2.21. The lowest BCUT2D eigenvalue weighted by Crippen LogP contribution is -2.36. The number of fused-ring (bicyclic) bond motifs is 1. The molecule has 2 aromatic rings. The molecular weight excluding hydrogens is 430 g/mol. The molecule has 1 aliphatic rings. The standard InChI is InChI=1S/C20H23NO7S2/c1-27-12-10-21(11-13-28-2)30(25,26)16-8-9-18-17(14-16)19(22)20(29(18,23)24)15-6-4-3-5-7-15/h3-9,14,22H,10-13H2,1-2H3. The highest BCUT2D eigenvalue weighted by molar-refractivity contribution is 8.01. The highest BCUT2D eigenvalue weighted by Crippen LogP contribution is 2.43. The summed E-state index contributed by atoms with van der Waals surface area (Å²) in [4.78, 5) is -0.481. The molecule has 2 aromatic carbocycles. The summed E-state index contributed by atoms with van der Waals surface area (Å²) >= 11 is 0. The molecular formula is C20H23NO7S2.